The lowest BCUT2D eigenvalue weighted by Gasteiger charge is -2.36. The molecule has 0 aromatic carbocycles. The van der Waals surface area contributed by atoms with E-state index in [2.05, 4.69) is 30.6 Å². The average molecular weight is 335 g/mol. The molecule has 0 aliphatic carbocycles. The quantitative estimate of drug-likeness (QED) is 0.405. The molecule has 3 unspecified atom stereocenters. The first-order valence-corrected chi connectivity index (χ1v) is 7.99. The van der Waals surface area contributed by atoms with Gasteiger partial charge < -0.3 is 21.1 Å². The first-order chi connectivity index (χ1) is 9.92. The van der Waals surface area contributed by atoms with Gasteiger partial charge in [0.15, 0.2) is 0 Å². The molecule has 1 rings (SSSR count). The molecule has 1 saturated heterocycles. The van der Waals surface area contributed by atoms with Crippen LogP contribution in [0.1, 0.15) is 19.3 Å². The van der Waals surface area contributed by atoms with Crippen LogP contribution in [0.5, 0.6) is 0 Å². The van der Waals surface area contributed by atoms with Gasteiger partial charge in [-0.05, 0) is 19.3 Å². The highest BCUT2D eigenvalue weighted by atomic mass is 32.1. The van der Waals surface area contributed by atoms with Crippen LogP contribution in [0.25, 0.3) is 0 Å². The van der Waals surface area contributed by atoms with Crippen molar-refractivity contribution < 1.29 is 19.5 Å². The number of thiol groups is 2. The molecule has 1 aliphatic heterocycles. The smallest absolute Gasteiger partial charge is 0.327 e. The molecule has 4 N–H and O–H groups in total. The van der Waals surface area contributed by atoms with E-state index in [0.717, 1.165) is 12.8 Å². The molecule has 9 heteroatoms. The average Bonchev–Trinajstić information content (AvgIpc) is 2.50. The molecule has 0 aromatic heterocycles. The SMILES string of the molecule is NC(CS)C(=O)N1CCCCC1C(=O)NC(CS)C(=O)O. The molecule has 0 bridgehead atoms. The van der Waals surface area contributed by atoms with Crippen molar-refractivity contribution in [1.82, 2.24) is 10.2 Å². The van der Waals surface area contributed by atoms with Gasteiger partial charge in [-0.25, -0.2) is 4.79 Å². The molecule has 0 saturated carbocycles. The molecule has 21 heavy (non-hydrogen) atoms. The zero-order valence-corrected chi connectivity index (χ0v) is 13.4. The van der Waals surface area contributed by atoms with Crippen LogP contribution in [0.4, 0.5) is 0 Å². The minimum atomic E-state index is -1.15. The van der Waals surface area contributed by atoms with Gasteiger partial charge in [0.05, 0.1) is 6.04 Å². The number of aliphatic carboxylic acids is 1. The van der Waals surface area contributed by atoms with E-state index < -0.39 is 30.0 Å². The van der Waals surface area contributed by atoms with Gasteiger partial charge in [-0.3, -0.25) is 9.59 Å². The Bertz CT molecular complexity index is 408. The second-order valence-electron chi connectivity index (χ2n) is 4.91. The number of carbonyl (C=O) groups excluding carboxylic acids is 2. The molecular weight excluding hydrogens is 314 g/mol. The van der Waals surface area contributed by atoms with Gasteiger partial charge in [-0.2, -0.15) is 25.3 Å². The van der Waals surface area contributed by atoms with E-state index in [1.807, 2.05) is 0 Å². The van der Waals surface area contributed by atoms with Crippen molar-refractivity contribution >= 4 is 43.0 Å². The van der Waals surface area contributed by atoms with Gasteiger partial charge >= 0.3 is 5.97 Å². The molecule has 0 spiro atoms. The van der Waals surface area contributed by atoms with E-state index in [0.29, 0.717) is 13.0 Å². The molecule has 120 valence electrons. The highest BCUT2D eigenvalue weighted by Gasteiger charge is 2.35. The van der Waals surface area contributed by atoms with E-state index in [1.54, 1.807) is 0 Å². The number of carboxylic acid groups (broad SMARTS) is 1. The maximum atomic E-state index is 12.2. The Kier molecular flexibility index (Phi) is 7.33. The number of hydrogen-bond donors (Lipinski definition) is 5. The number of carbonyl (C=O) groups is 3. The molecule has 2 amide bonds. The summed E-state index contributed by atoms with van der Waals surface area (Å²) >= 11 is 7.89. The first-order valence-electron chi connectivity index (χ1n) is 6.73. The van der Waals surface area contributed by atoms with Gasteiger partial charge in [-0.1, -0.05) is 0 Å². The van der Waals surface area contributed by atoms with Crippen LogP contribution in [-0.4, -0.2) is 64.0 Å². The van der Waals surface area contributed by atoms with Gasteiger partial charge in [0, 0.05) is 18.1 Å². The molecule has 1 aliphatic rings. The number of hydrogen-bond acceptors (Lipinski definition) is 6. The fourth-order valence-corrected chi connectivity index (χ4v) is 2.62. The third kappa shape index (κ3) is 4.79. The summed E-state index contributed by atoms with van der Waals surface area (Å²) in [6.07, 6.45) is 2.09. The summed E-state index contributed by atoms with van der Waals surface area (Å²) in [4.78, 5) is 36.8. The highest BCUT2D eigenvalue weighted by Crippen LogP contribution is 2.18. The summed E-state index contributed by atoms with van der Waals surface area (Å²) in [6, 6.07) is -2.51. The Balaban J connectivity index is 2.78. The number of likely N-dealkylation sites (tertiary alicyclic amines) is 1. The maximum Gasteiger partial charge on any atom is 0.327 e. The van der Waals surface area contributed by atoms with Crippen LogP contribution in [0.3, 0.4) is 0 Å². The topological polar surface area (TPSA) is 113 Å². The zero-order valence-electron chi connectivity index (χ0n) is 11.6. The predicted octanol–water partition coefficient (Wildman–Crippen LogP) is -0.876. The standard InChI is InChI=1S/C12H21N3O4S2/c13-7(5-20)11(17)15-4-2-1-3-9(15)10(16)14-8(6-21)12(18)19/h7-9,20-21H,1-6,13H2,(H,14,16)(H,18,19). The summed E-state index contributed by atoms with van der Waals surface area (Å²) < 4.78 is 0. The first kappa shape index (κ1) is 18.1. The minimum Gasteiger partial charge on any atom is -0.480 e. The Morgan fingerprint density at radius 3 is 2.48 bits per heavy atom. The zero-order chi connectivity index (χ0) is 16.0. The van der Waals surface area contributed by atoms with Crippen LogP contribution < -0.4 is 11.1 Å². The lowest BCUT2D eigenvalue weighted by atomic mass is 10.00. The Morgan fingerprint density at radius 2 is 1.95 bits per heavy atom. The third-order valence-electron chi connectivity index (χ3n) is 3.40. The number of nitrogens with one attached hydrogen (secondary N) is 1. The number of rotatable bonds is 6. The van der Waals surface area contributed by atoms with Crippen molar-refractivity contribution in [2.24, 2.45) is 5.73 Å². The monoisotopic (exact) mass is 335 g/mol. The van der Waals surface area contributed by atoms with E-state index in [4.69, 9.17) is 10.8 Å². The second-order valence-corrected chi connectivity index (χ2v) is 5.64. The molecule has 0 aromatic rings. The number of amides is 2. The molecule has 1 heterocycles. The van der Waals surface area contributed by atoms with Gasteiger partial charge in [0.2, 0.25) is 11.8 Å². The fourth-order valence-electron chi connectivity index (χ4n) is 2.21. The van der Waals surface area contributed by atoms with Crippen molar-refractivity contribution in [3.8, 4) is 0 Å². The highest BCUT2D eigenvalue weighted by molar-refractivity contribution is 7.80. The van der Waals surface area contributed by atoms with Crippen molar-refractivity contribution in [1.29, 1.82) is 0 Å². The fraction of sp³-hybridized carbons (Fsp3) is 0.750. The van der Waals surface area contributed by atoms with Crippen LogP contribution in [0.2, 0.25) is 0 Å². The van der Waals surface area contributed by atoms with Crippen LogP contribution in [0.15, 0.2) is 0 Å². The molecular formula is C12H21N3O4S2. The van der Waals surface area contributed by atoms with Gasteiger partial charge in [-0.15, -0.1) is 0 Å². The Labute approximate surface area is 134 Å². The lowest BCUT2D eigenvalue weighted by molar-refractivity contribution is -0.145. The van der Waals surface area contributed by atoms with E-state index in [-0.39, 0.29) is 17.4 Å². The molecule has 7 nitrogen and oxygen atoms in total. The predicted molar refractivity (Wildman–Crippen MR) is 84.6 cm³/mol. The Morgan fingerprint density at radius 1 is 1.29 bits per heavy atom. The normalized spacial score (nSPS) is 21.5. The summed E-state index contributed by atoms with van der Waals surface area (Å²) in [5.41, 5.74) is 5.68. The molecule has 0 radical (unpaired) electrons. The van der Waals surface area contributed by atoms with Crippen LogP contribution in [0, 0.1) is 0 Å². The van der Waals surface area contributed by atoms with E-state index in [9.17, 15) is 14.4 Å². The summed E-state index contributed by atoms with van der Waals surface area (Å²) in [5.74, 6) is -1.78. The number of nitrogens with zero attached hydrogens (tertiary/aromatic N) is 1. The number of nitrogens with two attached hydrogens (primary N) is 1. The van der Waals surface area contributed by atoms with Crippen molar-refractivity contribution in [3.05, 3.63) is 0 Å². The molecule has 3 atom stereocenters. The van der Waals surface area contributed by atoms with Gasteiger partial charge in [0.1, 0.15) is 12.1 Å². The lowest BCUT2D eigenvalue weighted by Crippen LogP contribution is -2.58. The third-order valence-corrected chi connectivity index (χ3v) is 4.16. The summed E-state index contributed by atoms with van der Waals surface area (Å²) in [7, 11) is 0. The van der Waals surface area contributed by atoms with E-state index >= 15 is 0 Å². The van der Waals surface area contributed by atoms with Gasteiger partial charge in [0.25, 0.3) is 0 Å². The minimum absolute atomic E-state index is 0.0160. The van der Waals surface area contributed by atoms with Crippen LogP contribution in [-0.2, 0) is 14.4 Å². The number of carboxylic acids is 1. The number of piperidine rings is 1. The molecule has 1 fully saturated rings. The van der Waals surface area contributed by atoms with Crippen molar-refractivity contribution in [2.75, 3.05) is 18.1 Å². The van der Waals surface area contributed by atoms with Crippen LogP contribution >= 0.6 is 25.3 Å². The Hall–Kier alpha value is -0.930. The largest absolute Gasteiger partial charge is 0.480 e. The van der Waals surface area contributed by atoms with E-state index in [1.165, 1.54) is 4.90 Å². The van der Waals surface area contributed by atoms with Crippen molar-refractivity contribution in [2.45, 2.75) is 37.4 Å². The maximum absolute atomic E-state index is 12.2. The van der Waals surface area contributed by atoms with Crippen molar-refractivity contribution in [3.63, 3.8) is 0 Å². The summed E-state index contributed by atoms with van der Waals surface area (Å²) in [6.45, 7) is 0.441. The second kappa shape index (κ2) is 8.50. The summed E-state index contributed by atoms with van der Waals surface area (Å²) in [5, 5.41) is 11.4.